The minimum atomic E-state index is -1.13. The van der Waals surface area contributed by atoms with Crippen molar-refractivity contribution in [3.63, 3.8) is 0 Å². The number of nitrogens with one attached hydrogen (secondary N) is 1. The van der Waals surface area contributed by atoms with E-state index in [1.807, 2.05) is 78.9 Å². The molecule has 2 amide bonds. The number of methoxy groups -OCH3 is 2. The predicted octanol–water partition coefficient (Wildman–Crippen LogP) is 10.1. The first kappa shape index (κ1) is 49.1. The summed E-state index contributed by atoms with van der Waals surface area (Å²) in [5.41, 5.74) is 3.46. The summed E-state index contributed by atoms with van der Waals surface area (Å²) >= 11 is 0. The van der Waals surface area contributed by atoms with Gasteiger partial charge in [0.1, 0.15) is 29.3 Å². The maximum Gasteiger partial charge on any atom is 0.407 e. The van der Waals surface area contributed by atoms with E-state index in [1.54, 1.807) is 19.1 Å². The fraction of sp³-hybridized carbons (Fsp3) is 0.571. The average Bonchev–Trinajstić information content (AvgIpc) is 3.91. The number of carbonyl (C=O) groups is 4. The quantitative estimate of drug-likeness (QED) is 0.0515. The molecule has 68 heavy (non-hydrogen) atoms. The van der Waals surface area contributed by atoms with Gasteiger partial charge in [0.2, 0.25) is 5.91 Å². The second kappa shape index (κ2) is 21.9. The number of unbranched alkanes of at least 4 members (excludes halogenated alkanes) is 2. The molecule has 3 aromatic carbocycles. The van der Waals surface area contributed by atoms with Crippen LogP contribution in [-0.2, 0) is 34.2 Å². The summed E-state index contributed by atoms with van der Waals surface area (Å²) in [6.45, 7) is 6.07. The van der Waals surface area contributed by atoms with Gasteiger partial charge in [-0.25, -0.2) is 4.79 Å². The van der Waals surface area contributed by atoms with Crippen LogP contribution in [0.5, 0.6) is 11.5 Å². The van der Waals surface area contributed by atoms with Crippen molar-refractivity contribution in [3.05, 3.63) is 107 Å². The van der Waals surface area contributed by atoms with Crippen molar-refractivity contribution in [1.82, 2.24) is 10.2 Å². The molecule has 1 aliphatic heterocycles. The van der Waals surface area contributed by atoms with E-state index < -0.39 is 29.6 Å². The molecule has 0 radical (unpaired) electrons. The Balaban J connectivity index is 0.847. The van der Waals surface area contributed by atoms with Gasteiger partial charge in [-0.1, -0.05) is 86.5 Å². The highest BCUT2D eigenvalue weighted by Gasteiger charge is 2.55. The number of benzene rings is 3. The van der Waals surface area contributed by atoms with E-state index in [4.69, 9.17) is 23.7 Å². The summed E-state index contributed by atoms with van der Waals surface area (Å²) < 4.78 is 30.1. The van der Waals surface area contributed by atoms with E-state index in [2.05, 4.69) is 25.2 Å². The third-order valence-corrected chi connectivity index (χ3v) is 16.7. The third-order valence-electron chi connectivity index (χ3n) is 16.7. The summed E-state index contributed by atoms with van der Waals surface area (Å²) in [4.78, 5) is 52.8. The molecule has 9 atom stereocenters. The molecule has 9 unspecified atom stereocenters. The van der Waals surface area contributed by atoms with Crippen LogP contribution in [0.1, 0.15) is 120 Å². The van der Waals surface area contributed by atoms with Crippen molar-refractivity contribution >= 4 is 23.9 Å². The molecular formula is C56H72N2O10. The van der Waals surface area contributed by atoms with Gasteiger partial charge >= 0.3 is 18.0 Å². The molecule has 4 fully saturated rings. The zero-order valence-corrected chi connectivity index (χ0v) is 40.5. The number of ether oxygens (including phenoxy) is 5. The number of esters is 1. The van der Waals surface area contributed by atoms with Crippen molar-refractivity contribution in [2.24, 2.45) is 40.9 Å². The van der Waals surface area contributed by atoms with Crippen LogP contribution in [0.4, 0.5) is 4.79 Å². The maximum atomic E-state index is 13.8. The van der Waals surface area contributed by atoms with Crippen LogP contribution in [0.2, 0.25) is 0 Å². The number of rotatable bonds is 19. The second-order valence-electron chi connectivity index (χ2n) is 20.4. The molecule has 12 nitrogen and oxygen atoms in total. The highest BCUT2D eigenvalue weighted by Crippen LogP contribution is 2.63. The number of nitrogens with zero attached hydrogens (tertiary/aromatic N) is 1. The number of fused-ring (bicyclic) bond motifs is 5. The van der Waals surface area contributed by atoms with Crippen LogP contribution < -0.4 is 14.8 Å². The van der Waals surface area contributed by atoms with Gasteiger partial charge in [-0.05, 0) is 134 Å². The molecule has 1 saturated heterocycles. The van der Waals surface area contributed by atoms with E-state index in [0.29, 0.717) is 55.2 Å². The van der Waals surface area contributed by atoms with Gasteiger partial charge < -0.3 is 39.0 Å². The Morgan fingerprint density at radius 1 is 0.765 bits per heavy atom. The standard InChI is InChI=1S/C56H72N2O10/c1-37-14-27-49-48-25-15-38-33-45(24-26-46(38)47(48)30-31-55(37,49)2)67-54(63)57-32-10-6-9-13-51(59)58-34-39(50(35-58)68-53(62)29-28-52(60)61)36-66-56(40-11-7-5-8-12-40,41-16-20-43(64-3)21-17-41)42-18-22-44(65-4)23-19-42/h5,7-8,11-12,15-23,37,39,45-50H,6,9-10,13-14,24-36H2,1-4H3,(H,57,63)(H,60,61). The summed E-state index contributed by atoms with van der Waals surface area (Å²) in [6.07, 6.45) is 12.6. The zero-order chi connectivity index (χ0) is 47.8. The number of carbonyl (C=O) groups excluding carboxylic acids is 3. The monoisotopic (exact) mass is 933 g/mol. The topological polar surface area (TPSA) is 150 Å². The van der Waals surface area contributed by atoms with Gasteiger partial charge in [0.15, 0.2) is 0 Å². The molecule has 0 aromatic heterocycles. The highest BCUT2D eigenvalue weighted by molar-refractivity contribution is 5.78. The molecule has 8 rings (SSSR count). The van der Waals surface area contributed by atoms with E-state index in [9.17, 15) is 24.3 Å². The number of aliphatic carboxylic acids is 1. The fourth-order valence-electron chi connectivity index (χ4n) is 12.8. The van der Waals surface area contributed by atoms with Gasteiger partial charge in [-0.15, -0.1) is 0 Å². The number of hydrogen-bond acceptors (Lipinski definition) is 9. The normalized spacial score (nSPS) is 27.5. The number of amides is 2. The third kappa shape index (κ3) is 10.8. The number of carboxylic acids is 1. The molecule has 0 spiro atoms. The SMILES string of the molecule is COc1ccc(C(OCC2CN(C(=O)CCCCCNC(=O)OC3CCC4C(=CCC5C4CCC4(C)C(C)CCC54)C3)CC2OC(=O)CCC(=O)O)(c2ccccc2)c2ccc(OC)cc2)cc1. The highest BCUT2D eigenvalue weighted by atomic mass is 16.6. The molecule has 5 aliphatic rings. The fourth-order valence-corrected chi connectivity index (χ4v) is 12.8. The lowest BCUT2D eigenvalue weighted by Gasteiger charge is -2.53. The summed E-state index contributed by atoms with van der Waals surface area (Å²) in [5.74, 6) is 3.12. The minimum absolute atomic E-state index is 0.0647. The van der Waals surface area contributed by atoms with Crippen molar-refractivity contribution < 1.29 is 48.0 Å². The molecule has 1 heterocycles. The Kier molecular flexibility index (Phi) is 15.8. The second-order valence-corrected chi connectivity index (χ2v) is 20.4. The first-order valence-electron chi connectivity index (χ1n) is 25.2. The summed E-state index contributed by atoms with van der Waals surface area (Å²) in [7, 11) is 3.23. The number of hydrogen-bond donors (Lipinski definition) is 2. The smallest absolute Gasteiger partial charge is 0.407 e. The zero-order valence-electron chi connectivity index (χ0n) is 40.5. The Bertz CT molecular complexity index is 2180. The number of carboxylic acid groups (broad SMARTS) is 1. The molecule has 4 aliphatic carbocycles. The number of allylic oxidation sites excluding steroid dienone is 1. The number of alkyl carbamates (subject to hydrolysis) is 1. The van der Waals surface area contributed by atoms with Crippen LogP contribution in [-0.4, -0.2) is 86.6 Å². The molecule has 3 aromatic rings. The largest absolute Gasteiger partial charge is 0.497 e. The number of likely N-dealkylation sites (tertiary alicyclic amines) is 1. The van der Waals surface area contributed by atoms with Gasteiger partial charge in [0.05, 0.1) is 40.2 Å². The predicted molar refractivity (Wildman–Crippen MR) is 258 cm³/mol. The first-order chi connectivity index (χ1) is 32.9. The van der Waals surface area contributed by atoms with Crippen LogP contribution in [0.25, 0.3) is 0 Å². The van der Waals surface area contributed by atoms with Crippen LogP contribution in [0.15, 0.2) is 90.5 Å². The lowest BCUT2D eigenvalue weighted by Crippen LogP contribution is -2.46. The lowest BCUT2D eigenvalue weighted by molar-refractivity contribution is -0.154. The van der Waals surface area contributed by atoms with Crippen LogP contribution in [0, 0.1) is 40.9 Å². The van der Waals surface area contributed by atoms with Crippen molar-refractivity contribution in [2.45, 2.75) is 122 Å². The van der Waals surface area contributed by atoms with E-state index in [-0.39, 0.29) is 44.1 Å². The van der Waals surface area contributed by atoms with Crippen LogP contribution in [0.3, 0.4) is 0 Å². The van der Waals surface area contributed by atoms with Gasteiger partial charge in [0.25, 0.3) is 0 Å². The van der Waals surface area contributed by atoms with Crippen LogP contribution >= 0.6 is 0 Å². The van der Waals surface area contributed by atoms with Crippen molar-refractivity contribution in [2.75, 3.05) is 40.5 Å². The molecule has 12 heteroatoms. The van der Waals surface area contributed by atoms with E-state index in [0.717, 1.165) is 66.0 Å². The average molecular weight is 933 g/mol. The Hall–Kier alpha value is -5.36. The molecule has 366 valence electrons. The van der Waals surface area contributed by atoms with E-state index in [1.165, 1.54) is 37.7 Å². The summed E-state index contributed by atoms with van der Waals surface area (Å²) in [5, 5.41) is 12.2. The molecule has 0 bridgehead atoms. The molecule has 3 saturated carbocycles. The van der Waals surface area contributed by atoms with Crippen molar-refractivity contribution in [3.8, 4) is 11.5 Å². The Labute approximate surface area is 402 Å². The van der Waals surface area contributed by atoms with Gasteiger partial charge in [-0.3, -0.25) is 14.4 Å². The van der Waals surface area contributed by atoms with Gasteiger partial charge in [0, 0.05) is 31.8 Å². The molecular weight excluding hydrogens is 861 g/mol. The van der Waals surface area contributed by atoms with Crippen molar-refractivity contribution in [1.29, 1.82) is 0 Å². The minimum Gasteiger partial charge on any atom is -0.497 e. The first-order valence-corrected chi connectivity index (χ1v) is 25.2. The maximum absolute atomic E-state index is 13.8. The Morgan fingerprint density at radius 3 is 2.13 bits per heavy atom. The van der Waals surface area contributed by atoms with Gasteiger partial charge in [-0.2, -0.15) is 0 Å². The Morgan fingerprint density at radius 2 is 1.46 bits per heavy atom. The summed E-state index contributed by atoms with van der Waals surface area (Å²) in [6, 6.07) is 25.3. The van der Waals surface area contributed by atoms with E-state index >= 15 is 0 Å². The lowest BCUT2D eigenvalue weighted by atomic mass is 9.52. The molecule has 2 N–H and O–H groups in total.